The fraction of sp³-hybridized carbons (Fsp3) is 0.333. The molecule has 0 aliphatic heterocycles. The highest BCUT2D eigenvalue weighted by Gasteiger charge is 2.32. The molecule has 0 bridgehead atoms. The van der Waals surface area contributed by atoms with E-state index >= 15 is 0 Å². The normalized spacial score (nSPS) is 12.0. The van der Waals surface area contributed by atoms with Crippen molar-refractivity contribution in [2.75, 3.05) is 6.54 Å². The molecule has 0 radical (unpaired) electrons. The number of carbonyl (C=O) groups excluding carboxylic acids is 1. The van der Waals surface area contributed by atoms with E-state index in [1.165, 1.54) is 6.07 Å². The van der Waals surface area contributed by atoms with E-state index in [2.05, 4.69) is 10.5 Å². The zero-order valence-electron chi connectivity index (χ0n) is 18.3. The van der Waals surface area contributed by atoms with Gasteiger partial charge in [-0.2, -0.15) is 13.2 Å². The third-order valence-corrected chi connectivity index (χ3v) is 5.35. The number of rotatable bonds is 7. The topological polar surface area (TPSA) is 64.4 Å². The summed E-state index contributed by atoms with van der Waals surface area (Å²) in [5, 5.41) is 6.71. The highest BCUT2D eigenvalue weighted by atomic mass is 19.4. The van der Waals surface area contributed by atoms with Gasteiger partial charge in [0.25, 0.3) is 5.91 Å². The molecule has 0 aliphatic rings. The number of para-hydroxylation sites is 1. The Hall–Kier alpha value is -3.29. The van der Waals surface area contributed by atoms with Crippen molar-refractivity contribution in [2.24, 2.45) is 0 Å². The van der Waals surface area contributed by atoms with Gasteiger partial charge in [-0.1, -0.05) is 49.3 Å². The van der Waals surface area contributed by atoms with E-state index in [0.29, 0.717) is 28.3 Å². The fourth-order valence-corrected chi connectivity index (χ4v) is 3.25. The molecule has 0 fully saturated rings. The van der Waals surface area contributed by atoms with E-state index in [0.717, 1.165) is 17.7 Å². The van der Waals surface area contributed by atoms with Crippen LogP contribution in [0, 0.1) is 13.8 Å². The summed E-state index contributed by atoms with van der Waals surface area (Å²) in [5.74, 6) is 0.661. The number of amides is 1. The third-order valence-electron chi connectivity index (χ3n) is 5.35. The van der Waals surface area contributed by atoms with Crippen molar-refractivity contribution in [1.82, 2.24) is 10.5 Å². The number of hydrogen-bond donors (Lipinski definition) is 1. The molecule has 170 valence electrons. The number of benzene rings is 2. The minimum Gasteiger partial charge on any atom is -0.488 e. The molecular weight excluding hydrogens is 421 g/mol. The molecule has 0 saturated heterocycles. The highest BCUT2D eigenvalue weighted by Crippen LogP contribution is 2.32. The van der Waals surface area contributed by atoms with Crippen molar-refractivity contribution < 1.29 is 27.2 Å². The van der Waals surface area contributed by atoms with Gasteiger partial charge in [0.15, 0.2) is 0 Å². The number of aromatic nitrogens is 1. The quantitative estimate of drug-likeness (QED) is 0.513. The van der Waals surface area contributed by atoms with Crippen LogP contribution in [0.25, 0.3) is 0 Å². The molecule has 32 heavy (non-hydrogen) atoms. The monoisotopic (exact) mass is 446 g/mol. The number of carbonyl (C=O) groups is 1. The minimum atomic E-state index is -4.42. The van der Waals surface area contributed by atoms with E-state index in [1.54, 1.807) is 51.1 Å². The predicted octanol–water partition coefficient (Wildman–Crippen LogP) is 5.60. The lowest BCUT2D eigenvalue weighted by Crippen LogP contribution is -2.37. The minimum absolute atomic E-state index is 0.144. The van der Waals surface area contributed by atoms with Crippen molar-refractivity contribution in [2.45, 2.75) is 45.9 Å². The van der Waals surface area contributed by atoms with E-state index in [-0.39, 0.29) is 19.1 Å². The summed E-state index contributed by atoms with van der Waals surface area (Å²) in [6.45, 7) is 7.49. The van der Waals surface area contributed by atoms with Gasteiger partial charge in [0.2, 0.25) is 0 Å². The Morgan fingerprint density at radius 2 is 1.75 bits per heavy atom. The summed E-state index contributed by atoms with van der Waals surface area (Å²) in [4.78, 5) is 12.9. The summed E-state index contributed by atoms with van der Waals surface area (Å²) in [7, 11) is 0. The van der Waals surface area contributed by atoms with Crippen LogP contribution in [0.3, 0.4) is 0 Å². The van der Waals surface area contributed by atoms with Gasteiger partial charge in [-0.05, 0) is 37.6 Å². The van der Waals surface area contributed by atoms with Gasteiger partial charge in [-0.15, -0.1) is 0 Å². The van der Waals surface area contributed by atoms with E-state index < -0.39 is 17.2 Å². The maximum atomic E-state index is 13.1. The molecule has 1 heterocycles. The van der Waals surface area contributed by atoms with Crippen LogP contribution >= 0.6 is 0 Å². The first-order valence-electron chi connectivity index (χ1n) is 10.1. The van der Waals surface area contributed by atoms with Crippen LogP contribution in [0.15, 0.2) is 53.1 Å². The van der Waals surface area contributed by atoms with Gasteiger partial charge in [-0.3, -0.25) is 4.79 Å². The van der Waals surface area contributed by atoms with Crippen molar-refractivity contribution in [3.8, 4) is 5.75 Å². The van der Waals surface area contributed by atoms with Gasteiger partial charge < -0.3 is 14.6 Å². The molecule has 5 nitrogen and oxygen atoms in total. The fourth-order valence-electron chi connectivity index (χ4n) is 3.25. The Labute approximate surface area is 184 Å². The average molecular weight is 446 g/mol. The number of alkyl halides is 3. The van der Waals surface area contributed by atoms with Crippen LogP contribution < -0.4 is 10.1 Å². The molecule has 1 amide bonds. The zero-order valence-corrected chi connectivity index (χ0v) is 18.3. The van der Waals surface area contributed by atoms with Crippen molar-refractivity contribution in [1.29, 1.82) is 0 Å². The van der Waals surface area contributed by atoms with Crippen molar-refractivity contribution >= 4 is 5.91 Å². The lowest BCUT2D eigenvalue weighted by Gasteiger charge is -2.26. The number of ether oxygens (including phenoxy) is 1. The van der Waals surface area contributed by atoms with Crippen molar-refractivity contribution in [3.63, 3.8) is 0 Å². The largest absolute Gasteiger partial charge is 0.488 e. The van der Waals surface area contributed by atoms with Gasteiger partial charge in [0, 0.05) is 12.0 Å². The molecule has 0 unspecified atom stereocenters. The summed E-state index contributed by atoms with van der Waals surface area (Å²) in [6.07, 6.45) is -4.42. The maximum Gasteiger partial charge on any atom is 0.416 e. The molecule has 3 aromatic rings. The molecule has 2 aromatic carbocycles. The first kappa shape index (κ1) is 23.4. The Kier molecular flexibility index (Phi) is 6.62. The highest BCUT2D eigenvalue weighted by molar-refractivity contribution is 5.96. The second kappa shape index (κ2) is 9.06. The number of halogens is 3. The van der Waals surface area contributed by atoms with Gasteiger partial charge in [0.05, 0.1) is 22.4 Å². The second-order valence-electron chi connectivity index (χ2n) is 8.23. The summed E-state index contributed by atoms with van der Waals surface area (Å²) < 4.78 is 50.2. The van der Waals surface area contributed by atoms with Crippen LogP contribution in [0.1, 0.15) is 52.3 Å². The molecular formula is C24H25F3N2O3. The first-order chi connectivity index (χ1) is 15.0. The number of aryl methyl sites for hydroxylation is 2. The Bertz CT molecular complexity index is 1080. The Morgan fingerprint density at radius 3 is 2.41 bits per heavy atom. The van der Waals surface area contributed by atoms with Gasteiger partial charge >= 0.3 is 6.18 Å². The van der Waals surface area contributed by atoms with Crippen molar-refractivity contribution in [3.05, 3.63) is 82.2 Å². The molecule has 0 atom stereocenters. The zero-order chi connectivity index (χ0) is 23.5. The molecule has 0 aliphatic carbocycles. The van der Waals surface area contributed by atoms with E-state index in [4.69, 9.17) is 9.26 Å². The molecule has 1 aromatic heterocycles. The van der Waals surface area contributed by atoms with Gasteiger partial charge in [0.1, 0.15) is 18.1 Å². The SMILES string of the molecule is Cc1noc(C)c1COc1ccccc1C(=O)NCC(C)(C)c1cccc(C(F)(F)F)c1. The van der Waals surface area contributed by atoms with E-state index in [1.807, 2.05) is 6.92 Å². The molecule has 0 saturated carbocycles. The van der Waals surface area contributed by atoms with Crippen LogP contribution in [-0.2, 0) is 18.2 Å². The lowest BCUT2D eigenvalue weighted by molar-refractivity contribution is -0.137. The molecule has 3 rings (SSSR count). The number of hydrogen-bond acceptors (Lipinski definition) is 4. The predicted molar refractivity (Wildman–Crippen MR) is 114 cm³/mol. The standard InChI is InChI=1S/C24H25F3N2O3/c1-15-20(16(2)32-29-15)13-31-21-11-6-5-10-19(21)22(30)28-14-23(3,4)17-8-7-9-18(12-17)24(25,26)27/h5-12H,13-14H2,1-4H3,(H,28,30). The molecule has 0 spiro atoms. The Morgan fingerprint density at radius 1 is 1.06 bits per heavy atom. The Balaban J connectivity index is 1.71. The third kappa shape index (κ3) is 5.30. The molecule has 1 N–H and O–H groups in total. The van der Waals surface area contributed by atoms with Crippen LogP contribution in [0.4, 0.5) is 13.2 Å². The first-order valence-corrected chi connectivity index (χ1v) is 10.1. The van der Waals surface area contributed by atoms with Crippen LogP contribution in [0.2, 0.25) is 0 Å². The van der Waals surface area contributed by atoms with E-state index in [9.17, 15) is 18.0 Å². The molecule has 8 heteroatoms. The number of nitrogens with zero attached hydrogens (tertiary/aromatic N) is 1. The van der Waals surface area contributed by atoms with Gasteiger partial charge in [-0.25, -0.2) is 0 Å². The van der Waals surface area contributed by atoms with Crippen LogP contribution in [-0.4, -0.2) is 17.6 Å². The lowest BCUT2D eigenvalue weighted by atomic mass is 9.83. The number of nitrogens with one attached hydrogen (secondary N) is 1. The van der Waals surface area contributed by atoms with Crippen LogP contribution in [0.5, 0.6) is 5.75 Å². The summed E-state index contributed by atoms with van der Waals surface area (Å²) in [5.41, 5.74) is 0.906. The summed E-state index contributed by atoms with van der Waals surface area (Å²) in [6, 6.07) is 11.9. The maximum absolute atomic E-state index is 13.1. The summed E-state index contributed by atoms with van der Waals surface area (Å²) >= 11 is 0. The smallest absolute Gasteiger partial charge is 0.416 e. The second-order valence-corrected chi connectivity index (χ2v) is 8.23. The average Bonchev–Trinajstić information content (AvgIpc) is 3.07.